The Hall–Kier alpha value is -8.37. The molecular weight excluding hydrogens is 751 g/mol. The van der Waals surface area contributed by atoms with Gasteiger partial charge in [0.2, 0.25) is 11.6 Å². The zero-order chi connectivity index (χ0) is 42.4. The minimum absolute atomic E-state index is 0.0414. The van der Waals surface area contributed by atoms with Crippen LogP contribution in [0, 0.1) is 17.7 Å². The molecule has 0 unspecified atom stereocenters. The third kappa shape index (κ3) is 11.3. The van der Waals surface area contributed by atoms with Gasteiger partial charge >= 0.3 is 35.8 Å². The van der Waals surface area contributed by atoms with Crippen molar-refractivity contribution in [1.82, 2.24) is 0 Å². The van der Waals surface area contributed by atoms with Crippen molar-refractivity contribution in [2.45, 2.75) is 6.92 Å². The number of rotatable bonds is 14. The molecule has 290 valence electrons. The van der Waals surface area contributed by atoms with Gasteiger partial charge in [-0.15, -0.1) is 0 Å². The predicted molar refractivity (Wildman–Crippen MR) is 209 cm³/mol. The van der Waals surface area contributed by atoms with Crippen molar-refractivity contribution in [3.05, 3.63) is 164 Å². The number of esters is 6. The van der Waals surface area contributed by atoms with Crippen LogP contribution in [0.2, 0.25) is 0 Å². The van der Waals surface area contributed by atoms with Gasteiger partial charge < -0.3 is 28.4 Å². The summed E-state index contributed by atoms with van der Waals surface area (Å²) in [5.41, 5.74) is 2.05. The molecule has 0 saturated carbocycles. The number of carbonyl (C=O) groups is 6. The molecule has 0 spiro atoms. The lowest BCUT2D eigenvalue weighted by Gasteiger charge is -2.14. The number of hydrogen-bond donors (Lipinski definition) is 0. The summed E-state index contributed by atoms with van der Waals surface area (Å²) < 4.78 is 46.4. The highest BCUT2D eigenvalue weighted by Crippen LogP contribution is 2.38. The lowest BCUT2D eigenvalue weighted by atomic mass is 10.00. The molecule has 58 heavy (non-hydrogen) atoms. The number of benzene rings is 4. The second-order valence-electron chi connectivity index (χ2n) is 11.3. The van der Waals surface area contributed by atoms with E-state index in [1.54, 1.807) is 36.4 Å². The number of hydrogen-bond acceptors (Lipinski definition) is 12. The zero-order valence-corrected chi connectivity index (χ0v) is 30.7. The van der Waals surface area contributed by atoms with Crippen molar-refractivity contribution < 1.29 is 61.6 Å². The van der Waals surface area contributed by atoms with Crippen molar-refractivity contribution in [3.8, 4) is 57.5 Å². The highest BCUT2D eigenvalue weighted by molar-refractivity contribution is 5.95. The van der Waals surface area contributed by atoms with Crippen molar-refractivity contribution in [2.24, 2.45) is 0 Å². The Morgan fingerprint density at radius 3 is 1.55 bits per heavy atom. The SMILES string of the molecule is C=CC(=O)Oc1ccc(C#Cc2c(OC(=O)C=C)cc(-c3ccc(/C=C(\C)C(=O)Oc4ccc(OC(=O)C=C)c(F)c4OC(=O)C=C)cc3)cc2OC(=O)C=C)cc1. The van der Waals surface area contributed by atoms with Crippen LogP contribution in [0.1, 0.15) is 23.6 Å². The first-order chi connectivity index (χ1) is 27.8. The summed E-state index contributed by atoms with van der Waals surface area (Å²) in [5, 5.41) is 0. The fraction of sp³-hybridized carbons (Fsp3) is 0.0222. The van der Waals surface area contributed by atoms with Crippen LogP contribution in [0.5, 0.6) is 34.5 Å². The van der Waals surface area contributed by atoms with Gasteiger partial charge in [-0.25, -0.2) is 28.8 Å². The molecule has 0 heterocycles. The highest BCUT2D eigenvalue weighted by Gasteiger charge is 2.23. The quantitative estimate of drug-likeness (QED) is 0.0543. The molecule has 4 aromatic carbocycles. The van der Waals surface area contributed by atoms with Gasteiger partial charge in [0.15, 0.2) is 23.0 Å². The standard InChI is InChI=1S/C45H31FO12/c1-7-38(47)53-32-19-14-28(15-20-32)16-21-33-36(55-40(49)9-3)25-31(26-37(33)56-41(50)10-4)30-17-12-29(13-18-30)24-27(6)45(52)57-35-23-22-34(54-39(48)8-2)43(46)44(35)58-42(51)11-5/h7-15,17-20,22-26H,1-5H2,6H3/b27-24+. The van der Waals surface area contributed by atoms with Crippen molar-refractivity contribution >= 4 is 41.9 Å². The van der Waals surface area contributed by atoms with Gasteiger partial charge in [-0.3, -0.25) is 0 Å². The van der Waals surface area contributed by atoms with Crippen molar-refractivity contribution in [2.75, 3.05) is 0 Å². The average Bonchev–Trinajstić information content (AvgIpc) is 3.22. The van der Waals surface area contributed by atoms with Gasteiger partial charge in [0, 0.05) is 41.5 Å². The maximum Gasteiger partial charge on any atom is 0.339 e. The van der Waals surface area contributed by atoms with Crippen LogP contribution >= 0.6 is 0 Å². The first kappa shape index (κ1) is 42.4. The van der Waals surface area contributed by atoms with Crippen LogP contribution in [0.3, 0.4) is 0 Å². The lowest BCUT2D eigenvalue weighted by Crippen LogP contribution is -2.13. The van der Waals surface area contributed by atoms with Crippen LogP contribution in [0.15, 0.2) is 142 Å². The van der Waals surface area contributed by atoms with Gasteiger partial charge in [-0.05, 0) is 78.2 Å². The number of ether oxygens (including phenoxy) is 6. The van der Waals surface area contributed by atoms with Gasteiger partial charge in [-0.2, -0.15) is 4.39 Å². The lowest BCUT2D eigenvalue weighted by molar-refractivity contribution is -0.132. The summed E-state index contributed by atoms with van der Waals surface area (Å²) in [6.45, 7) is 18.1. The van der Waals surface area contributed by atoms with E-state index < -0.39 is 58.9 Å². The summed E-state index contributed by atoms with van der Waals surface area (Å²) in [5.74, 6) is -2.60. The molecule has 4 rings (SSSR count). The Balaban J connectivity index is 1.67. The van der Waals surface area contributed by atoms with Gasteiger partial charge in [0.05, 0.1) is 0 Å². The third-order valence-electron chi connectivity index (χ3n) is 7.32. The maximum absolute atomic E-state index is 15.2. The normalized spacial score (nSPS) is 10.3. The van der Waals surface area contributed by atoms with Gasteiger partial charge in [-0.1, -0.05) is 69.0 Å². The van der Waals surface area contributed by atoms with E-state index in [2.05, 4.69) is 44.7 Å². The molecule has 12 nitrogen and oxygen atoms in total. The first-order valence-electron chi connectivity index (χ1n) is 16.6. The third-order valence-corrected chi connectivity index (χ3v) is 7.32. The average molecular weight is 783 g/mol. The topological polar surface area (TPSA) is 158 Å². The molecule has 0 aliphatic rings. The maximum atomic E-state index is 15.2. The second kappa shape index (κ2) is 19.8. The van der Waals surface area contributed by atoms with Crippen LogP contribution in [-0.4, -0.2) is 35.8 Å². The first-order valence-corrected chi connectivity index (χ1v) is 16.6. The van der Waals surface area contributed by atoms with Crippen LogP contribution in [0.4, 0.5) is 4.39 Å². The van der Waals surface area contributed by atoms with Gasteiger partial charge in [0.1, 0.15) is 11.3 Å². The summed E-state index contributed by atoms with van der Waals surface area (Å²) in [7, 11) is 0. The molecule has 0 aromatic heterocycles. The number of carbonyl (C=O) groups excluding carboxylic acids is 6. The zero-order valence-electron chi connectivity index (χ0n) is 30.7. The highest BCUT2D eigenvalue weighted by atomic mass is 19.1. The molecule has 0 aliphatic carbocycles. The molecule has 0 aliphatic heterocycles. The van der Waals surface area contributed by atoms with E-state index in [-0.39, 0.29) is 28.4 Å². The number of halogens is 1. The fourth-order valence-corrected chi connectivity index (χ4v) is 4.57. The minimum atomic E-state index is -1.29. The molecular formula is C45H31FO12. The Morgan fingerprint density at radius 1 is 0.534 bits per heavy atom. The summed E-state index contributed by atoms with van der Waals surface area (Å²) >= 11 is 0. The molecule has 4 aromatic rings. The largest absolute Gasteiger partial charge is 0.423 e. The monoisotopic (exact) mass is 782 g/mol. The van der Waals surface area contributed by atoms with Crippen LogP contribution in [0.25, 0.3) is 17.2 Å². The molecule has 0 N–H and O–H groups in total. The molecule has 0 bridgehead atoms. The van der Waals surface area contributed by atoms with E-state index in [1.807, 2.05) is 0 Å². The Bertz CT molecular complexity index is 2420. The smallest absolute Gasteiger partial charge is 0.339 e. The molecule has 13 heteroatoms. The summed E-state index contributed by atoms with van der Waals surface area (Å²) in [6, 6.07) is 17.9. The van der Waals surface area contributed by atoms with Gasteiger partial charge in [0.25, 0.3) is 0 Å². The van der Waals surface area contributed by atoms with Crippen LogP contribution < -0.4 is 28.4 Å². The van der Waals surface area contributed by atoms with E-state index in [4.69, 9.17) is 28.4 Å². The second-order valence-corrected chi connectivity index (χ2v) is 11.3. The summed E-state index contributed by atoms with van der Waals surface area (Å²) in [4.78, 5) is 72.9. The van der Waals surface area contributed by atoms with Crippen LogP contribution in [-0.2, 0) is 28.8 Å². The molecule has 0 fully saturated rings. The van der Waals surface area contributed by atoms with E-state index >= 15 is 4.39 Å². The Kier molecular flexibility index (Phi) is 14.5. The fourth-order valence-electron chi connectivity index (χ4n) is 4.57. The van der Waals surface area contributed by atoms with E-state index in [0.717, 1.165) is 42.5 Å². The molecule has 0 atom stereocenters. The molecule has 0 saturated heterocycles. The summed E-state index contributed by atoms with van der Waals surface area (Å²) in [6.07, 6.45) is 5.92. The van der Waals surface area contributed by atoms with E-state index in [9.17, 15) is 28.8 Å². The van der Waals surface area contributed by atoms with E-state index in [0.29, 0.717) is 22.3 Å². The van der Waals surface area contributed by atoms with Crippen molar-refractivity contribution in [3.63, 3.8) is 0 Å². The van der Waals surface area contributed by atoms with E-state index in [1.165, 1.54) is 37.3 Å². The Morgan fingerprint density at radius 2 is 1.02 bits per heavy atom. The predicted octanol–water partition coefficient (Wildman–Crippen LogP) is 7.36. The minimum Gasteiger partial charge on any atom is -0.423 e. The Labute approximate surface area is 331 Å². The molecule has 0 amide bonds. The van der Waals surface area contributed by atoms with Crippen molar-refractivity contribution in [1.29, 1.82) is 0 Å². The molecule has 0 radical (unpaired) electrons.